The van der Waals surface area contributed by atoms with E-state index in [1.165, 1.54) is 6.42 Å². The molecule has 3 atom stereocenters. The van der Waals surface area contributed by atoms with Gasteiger partial charge >= 0.3 is 0 Å². The maximum Gasteiger partial charge on any atom is 0.223 e. The van der Waals surface area contributed by atoms with Gasteiger partial charge in [0.2, 0.25) is 5.91 Å². The normalized spacial score (nSPS) is 26.1. The predicted octanol–water partition coefficient (Wildman–Crippen LogP) is 3.14. The second kappa shape index (κ2) is 6.07. The van der Waals surface area contributed by atoms with Crippen LogP contribution in [0, 0.1) is 17.8 Å². The Morgan fingerprint density at radius 1 is 1.50 bits per heavy atom. The van der Waals surface area contributed by atoms with Crippen molar-refractivity contribution in [1.82, 2.24) is 5.32 Å². The summed E-state index contributed by atoms with van der Waals surface area (Å²) < 4.78 is 0. The lowest BCUT2D eigenvalue weighted by Crippen LogP contribution is -2.35. The van der Waals surface area contributed by atoms with Crippen molar-refractivity contribution in [3.8, 4) is 0 Å². The van der Waals surface area contributed by atoms with E-state index in [4.69, 9.17) is 0 Å². The molecule has 92 valence electrons. The standard InChI is InChI=1S/C14H25NO/c1-5-6-7-12(9-13-8-11(13)4)14(16)15-10(2)3/h5-6,10-13H,7-9H2,1-4H3,(H,15,16)/b6-5+. The van der Waals surface area contributed by atoms with Crippen LogP contribution in [0.15, 0.2) is 12.2 Å². The number of hydrogen-bond donors (Lipinski definition) is 1. The van der Waals surface area contributed by atoms with Gasteiger partial charge in [0.05, 0.1) is 0 Å². The van der Waals surface area contributed by atoms with Crippen LogP contribution in [0.3, 0.4) is 0 Å². The average Bonchev–Trinajstić information content (AvgIpc) is 2.87. The van der Waals surface area contributed by atoms with Crippen molar-refractivity contribution in [2.45, 2.75) is 53.0 Å². The molecule has 1 N–H and O–H groups in total. The second-order valence-electron chi connectivity index (χ2n) is 5.37. The van der Waals surface area contributed by atoms with E-state index in [0.29, 0.717) is 0 Å². The molecule has 0 bridgehead atoms. The Morgan fingerprint density at radius 2 is 2.12 bits per heavy atom. The quantitative estimate of drug-likeness (QED) is 0.689. The first-order chi connectivity index (χ1) is 7.54. The van der Waals surface area contributed by atoms with Gasteiger partial charge in [-0.3, -0.25) is 4.79 Å². The molecule has 1 fully saturated rings. The van der Waals surface area contributed by atoms with E-state index < -0.39 is 0 Å². The highest BCUT2D eigenvalue weighted by molar-refractivity contribution is 5.79. The number of allylic oxidation sites excluding steroid dienone is 2. The average molecular weight is 223 g/mol. The molecule has 0 aromatic carbocycles. The summed E-state index contributed by atoms with van der Waals surface area (Å²) in [5.41, 5.74) is 0. The Bertz CT molecular complexity index is 257. The highest BCUT2D eigenvalue weighted by Crippen LogP contribution is 2.43. The third-order valence-electron chi connectivity index (χ3n) is 3.32. The number of hydrogen-bond acceptors (Lipinski definition) is 1. The lowest BCUT2D eigenvalue weighted by atomic mass is 9.96. The van der Waals surface area contributed by atoms with Crippen molar-refractivity contribution in [3.05, 3.63) is 12.2 Å². The molecule has 0 spiro atoms. The molecule has 0 saturated heterocycles. The molecule has 0 heterocycles. The molecule has 3 unspecified atom stereocenters. The maximum atomic E-state index is 12.0. The van der Waals surface area contributed by atoms with Crippen molar-refractivity contribution in [2.24, 2.45) is 17.8 Å². The van der Waals surface area contributed by atoms with E-state index in [2.05, 4.69) is 18.3 Å². The van der Waals surface area contributed by atoms with Gasteiger partial charge in [-0.05, 0) is 51.9 Å². The number of carbonyl (C=O) groups excluding carboxylic acids is 1. The fourth-order valence-corrected chi connectivity index (χ4v) is 2.11. The highest BCUT2D eigenvalue weighted by atomic mass is 16.1. The van der Waals surface area contributed by atoms with Crippen molar-refractivity contribution >= 4 is 5.91 Å². The summed E-state index contributed by atoms with van der Waals surface area (Å²) in [4.78, 5) is 12.0. The van der Waals surface area contributed by atoms with Crippen molar-refractivity contribution in [3.63, 3.8) is 0 Å². The molecule has 1 aliphatic rings. The molecule has 16 heavy (non-hydrogen) atoms. The minimum atomic E-state index is 0.175. The Kier molecular flexibility index (Phi) is 5.04. The van der Waals surface area contributed by atoms with E-state index in [9.17, 15) is 4.79 Å². The van der Waals surface area contributed by atoms with Crippen LogP contribution < -0.4 is 5.32 Å². The molecule has 1 rings (SSSR count). The van der Waals surface area contributed by atoms with Crippen molar-refractivity contribution < 1.29 is 4.79 Å². The molecule has 0 aromatic heterocycles. The van der Waals surface area contributed by atoms with Crippen LogP contribution in [0.5, 0.6) is 0 Å². The molecular weight excluding hydrogens is 198 g/mol. The largest absolute Gasteiger partial charge is 0.354 e. The van der Waals surface area contributed by atoms with E-state index in [0.717, 1.165) is 24.7 Å². The zero-order valence-electron chi connectivity index (χ0n) is 11.0. The van der Waals surface area contributed by atoms with Crippen LogP contribution in [0.25, 0.3) is 0 Å². The minimum absolute atomic E-state index is 0.175. The Labute approximate surface area is 99.5 Å². The summed E-state index contributed by atoms with van der Waals surface area (Å²) >= 11 is 0. The predicted molar refractivity (Wildman–Crippen MR) is 68.1 cm³/mol. The van der Waals surface area contributed by atoms with Crippen molar-refractivity contribution in [2.75, 3.05) is 0 Å². The fraction of sp³-hybridized carbons (Fsp3) is 0.786. The molecule has 0 aromatic rings. The van der Waals surface area contributed by atoms with Gasteiger partial charge in [0.15, 0.2) is 0 Å². The SMILES string of the molecule is C/C=C/CC(CC1CC1C)C(=O)NC(C)C. The summed E-state index contributed by atoms with van der Waals surface area (Å²) in [5, 5.41) is 3.03. The molecular formula is C14H25NO. The first-order valence-corrected chi connectivity index (χ1v) is 6.46. The zero-order valence-corrected chi connectivity index (χ0v) is 11.0. The van der Waals surface area contributed by atoms with Crippen LogP contribution in [-0.4, -0.2) is 11.9 Å². The Balaban J connectivity index is 2.44. The molecule has 1 saturated carbocycles. The minimum Gasteiger partial charge on any atom is -0.354 e. The highest BCUT2D eigenvalue weighted by Gasteiger charge is 2.35. The number of amides is 1. The van der Waals surface area contributed by atoms with Crippen LogP contribution in [0.4, 0.5) is 0 Å². The number of carbonyl (C=O) groups is 1. The molecule has 2 heteroatoms. The monoisotopic (exact) mass is 223 g/mol. The molecule has 1 aliphatic carbocycles. The molecule has 1 amide bonds. The summed E-state index contributed by atoms with van der Waals surface area (Å²) in [5.74, 6) is 2.02. The third-order valence-corrected chi connectivity index (χ3v) is 3.32. The first-order valence-electron chi connectivity index (χ1n) is 6.46. The van der Waals surface area contributed by atoms with Gasteiger partial charge in [-0.1, -0.05) is 19.1 Å². The molecule has 2 nitrogen and oxygen atoms in total. The van der Waals surface area contributed by atoms with E-state index in [-0.39, 0.29) is 17.9 Å². The Morgan fingerprint density at radius 3 is 2.56 bits per heavy atom. The van der Waals surface area contributed by atoms with E-state index in [1.54, 1.807) is 0 Å². The third kappa shape index (κ3) is 4.38. The van der Waals surface area contributed by atoms with Gasteiger partial charge in [-0.25, -0.2) is 0 Å². The molecule has 0 aliphatic heterocycles. The van der Waals surface area contributed by atoms with Crippen LogP contribution >= 0.6 is 0 Å². The van der Waals surface area contributed by atoms with E-state index in [1.807, 2.05) is 26.8 Å². The summed E-state index contributed by atoms with van der Waals surface area (Å²) in [6.45, 7) is 8.32. The van der Waals surface area contributed by atoms with Gasteiger partial charge in [0.1, 0.15) is 0 Å². The van der Waals surface area contributed by atoms with Gasteiger partial charge in [-0.15, -0.1) is 0 Å². The van der Waals surface area contributed by atoms with Gasteiger partial charge in [-0.2, -0.15) is 0 Å². The number of nitrogens with one attached hydrogen (secondary N) is 1. The molecule has 0 radical (unpaired) electrons. The number of rotatable bonds is 6. The zero-order chi connectivity index (χ0) is 12.1. The second-order valence-corrected chi connectivity index (χ2v) is 5.37. The first kappa shape index (κ1) is 13.3. The summed E-state index contributed by atoms with van der Waals surface area (Å²) in [7, 11) is 0. The van der Waals surface area contributed by atoms with Gasteiger partial charge in [0.25, 0.3) is 0 Å². The topological polar surface area (TPSA) is 29.1 Å². The maximum absolute atomic E-state index is 12.0. The fourth-order valence-electron chi connectivity index (χ4n) is 2.11. The van der Waals surface area contributed by atoms with Crippen LogP contribution in [0.2, 0.25) is 0 Å². The summed E-state index contributed by atoms with van der Waals surface area (Å²) in [6, 6.07) is 0.247. The van der Waals surface area contributed by atoms with Crippen LogP contribution in [0.1, 0.15) is 47.0 Å². The smallest absolute Gasteiger partial charge is 0.223 e. The lowest BCUT2D eigenvalue weighted by Gasteiger charge is -2.17. The summed E-state index contributed by atoms with van der Waals surface area (Å²) in [6.07, 6.45) is 7.40. The lowest BCUT2D eigenvalue weighted by molar-refractivity contribution is -0.125. The van der Waals surface area contributed by atoms with Gasteiger partial charge in [0, 0.05) is 12.0 Å². The van der Waals surface area contributed by atoms with E-state index >= 15 is 0 Å². The Hall–Kier alpha value is -0.790. The van der Waals surface area contributed by atoms with Gasteiger partial charge < -0.3 is 5.32 Å². The van der Waals surface area contributed by atoms with Crippen LogP contribution in [-0.2, 0) is 4.79 Å². The van der Waals surface area contributed by atoms with Crippen molar-refractivity contribution in [1.29, 1.82) is 0 Å².